The molecule has 0 amide bonds. The van der Waals surface area contributed by atoms with E-state index in [-0.39, 0.29) is 5.82 Å². The zero-order chi connectivity index (χ0) is 16.0. The zero-order valence-corrected chi connectivity index (χ0v) is 13.2. The fourth-order valence-corrected chi connectivity index (χ4v) is 1.06. The highest BCUT2D eigenvalue weighted by Gasteiger charge is 2.23. The number of ether oxygens (including phenoxy) is 2. The molecule has 1 heterocycles. The van der Waals surface area contributed by atoms with Crippen molar-refractivity contribution in [2.75, 3.05) is 20.7 Å². The summed E-state index contributed by atoms with van der Waals surface area (Å²) >= 11 is 16.2. The summed E-state index contributed by atoms with van der Waals surface area (Å²) in [6, 6.07) is -0.448. The number of carbonyl (C=O) groups excluding carboxylic acids is 1. The van der Waals surface area contributed by atoms with Gasteiger partial charge in [-0.25, -0.2) is 19.2 Å². The predicted octanol–water partition coefficient (Wildman–Crippen LogP) is 2.72. The molecule has 0 bridgehead atoms. The first-order chi connectivity index (χ1) is 9.67. The number of carbonyl (C=O) groups is 1. The lowest BCUT2D eigenvalue weighted by molar-refractivity contribution is 0.0974. The van der Waals surface area contributed by atoms with Gasteiger partial charge in [-0.05, 0) is 0 Å². The van der Waals surface area contributed by atoms with Crippen molar-refractivity contribution < 1.29 is 18.7 Å². The van der Waals surface area contributed by atoms with Gasteiger partial charge in [0.25, 0.3) is 0 Å². The average Bonchev–Trinajstić information content (AvgIpc) is 2.36. The smallest absolute Gasteiger partial charge is 0.429 e. The molecule has 0 unspecified atom stereocenters. The van der Waals surface area contributed by atoms with Crippen LogP contribution in [-0.4, -0.2) is 51.9 Å². The summed E-state index contributed by atoms with van der Waals surface area (Å²) in [5.41, 5.74) is 0. The van der Waals surface area contributed by atoms with E-state index < -0.39 is 28.4 Å². The van der Waals surface area contributed by atoms with Gasteiger partial charge in [0.15, 0.2) is 11.6 Å². The van der Waals surface area contributed by atoms with Crippen molar-refractivity contribution >= 4 is 53.1 Å². The van der Waals surface area contributed by atoms with Crippen molar-refractivity contribution in [2.24, 2.45) is 4.99 Å². The first-order valence-electron chi connectivity index (χ1n) is 5.32. The summed E-state index contributed by atoms with van der Waals surface area (Å²) in [6.45, 7) is -0.524. The van der Waals surface area contributed by atoms with Crippen LogP contribution in [-0.2, 0) is 4.74 Å². The van der Waals surface area contributed by atoms with E-state index in [9.17, 15) is 9.18 Å². The lowest BCUT2D eigenvalue weighted by Crippen LogP contribution is -2.20. The summed E-state index contributed by atoms with van der Waals surface area (Å²) in [5, 5.41) is 0. The lowest BCUT2D eigenvalue weighted by atomic mass is 10.5. The third kappa shape index (κ3) is 7.26. The molecule has 7 nitrogen and oxygen atoms in total. The molecule has 21 heavy (non-hydrogen) atoms. The van der Waals surface area contributed by atoms with Crippen LogP contribution in [0.4, 0.5) is 15.0 Å². The van der Waals surface area contributed by atoms with Gasteiger partial charge in [-0.15, -0.1) is 0 Å². The lowest BCUT2D eigenvalue weighted by Gasteiger charge is -2.10. The van der Waals surface area contributed by atoms with Crippen LogP contribution in [0, 0.1) is 5.82 Å². The Kier molecular flexibility index (Phi) is 6.38. The van der Waals surface area contributed by atoms with Gasteiger partial charge in [0.05, 0.1) is 12.5 Å². The minimum Gasteiger partial charge on any atom is -0.429 e. The van der Waals surface area contributed by atoms with Gasteiger partial charge >= 0.3 is 12.2 Å². The molecule has 0 N–H and O–H groups in total. The molecule has 0 radical (unpaired) electrons. The van der Waals surface area contributed by atoms with Gasteiger partial charge in [0, 0.05) is 14.1 Å². The molecule has 116 valence electrons. The fraction of sp³-hybridized carbons (Fsp3) is 0.400. The number of nitrogens with zero attached hydrogens (tertiary/aromatic N) is 4. The summed E-state index contributed by atoms with van der Waals surface area (Å²) in [4.78, 5) is 23.6. The first kappa shape index (κ1) is 17.7. The number of halogens is 4. The molecule has 1 rings (SSSR count). The second-order valence-electron chi connectivity index (χ2n) is 3.79. The highest BCUT2D eigenvalue weighted by Crippen LogP contribution is 2.26. The SMILES string of the molecule is CN(C)C=Nc1nc(OC(=O)OCC(Cl)(Cl)Cl)ncc1F. The maximum Gasteiger partial charge on any atom is 0.516 e. The quantitative estimate of drug-likeness (QED) is 0.356. The molecule has 0 atom stereocenters. The largest absolute Gasteiger partial charge is 0.516 e. The molecule has 0 saturated carbocycles. The van der Waals surface area contributed by atoms with Crippen molar-refractivity contribution in [2.45, 2.75) is 3.79 Å². The molecule has 0 spiro atoms. The fourth-order valence-electron chi connectivity index (χ4n) is 0.897. The Hall–Kier alpha value is -1.38. The molecular weight excluding hydrogens is 349 g/mol. The van der Waals surface area contributed by atoms with Crippen LogP contribution >= 0.6 is 34.8 Å². The molecule has 0 aliphatic heterocycles. The Morgan fingerprint density at radius 2 is 2.19 bits per heavy atom. The monoisotopic (exact) mass is 358 g/mol. The summed E-state index contributed by atoms with van der Waals surface area (Å²) < 4.78 is 20.7. The second kappa shape index (κ2) is 7.58. The summed E-state index contributed by atoms with van der Waals surface area (Å²) in [5.74, 6) is -1.09. The number of hydrogen-bond donors (Lipinski definition) is 0. The number of hydrogen-bond acceptors (Lipinski definition) is 6. The molecule has 11 heteroatoms. The standard InChI is InChI=1S/C10H10Cl3FN4O3/c1-18(2)5-16-7-6(14)3-15-8(17-7)21-9(19)20-4-10(11,12)13/h3,5H,4H2,1-2H3. The molecule has 0 aliphatic rings. The maximum absolute atomic E-state index is 13.4. The van der Waals surface area contributed by atoms with Crippen molar-refractivity contribution in [3.8, 4) is 6.01 Å². The van der Waals surface area contributed by atoms with Crippen LogP contribution < -0.4 is 4.74 Å². The average molecular weight is 360 g/mol. The van der Waals surface area contributed by atoms with Crippen molar-refractivity contribution in [1.29, 1.82) is 0 Å². The third-order valence-corrected chi connectivity index (χ3v) is 1.97. The molecule has 0 saturated heterocycles. The minimum atomic E-state index is -1.77. The Morgan fingerprint density at radius 1 is 1.52 bits per heavy atom. The van der Waals surface area contributed by atoms with Gasteiger partial charge in [0.1, 0.15) is 6.61 Å². The van der Waals surface area contributed by atoms with Gasteiger partial charge < -0.3 is 14.4 Å². The normalized spacial score (nSPS) is 11.5. The van der Waals surface area contributed by atoms with Gasteiger partial charge in [-0.2, -0.15) is 4.98 Å². The summed E-state index contributed by atoms with van der Waals surface area (Å²) in [7, 11) is 3.38. The van der Waals surface area contributed by atoms with E-state index >= 15 is 0 Å². The van der Waals surface area contributed by atoms with E-state index in [0.717, 1.165) is 6.20 Å². The van der Waals surface area contributed by atoms with Crippen LogP contribution in [0.25, 0.3) is 0 Å². The third-order valence-electron chi connectivity index (χ3n) is 1.64. The highest BCUT2D eigenvalue weighted by atomic mass is 35.6. The van der Waals surface area contributed by atoms with Crippen LogP contribution in [0.15, 0.2) is 11.2 Å². The Morgan fingerprint density at radius 3 is 2.76 bits per heavy atom. The van der Waals surface area contributed by atoms with Gasteiger partial charge in [-0.3, -0.25) is 0 Å². The van der Waals surface area contributed by atoms with E-state index in [1.165, 1.54) is 6.34 Å². The van der Waals surface area contributed by atoms with Crippen molar-refractivity contribution in [3.05, 3.63) is 12.0 Å². The molecule has 0 aromatic carbocycles. The van der Waals surface area contributed by atoms with E-state index in [0.29, 0.717) is 0 Å². The number of alkyl halides is 3. The van der Waals surface area contributed by atoms with Gasteiger partial charge in [0.2, 0.25) is 3.79 Å². The molecule has 1 aromatic rings. The Bertz CT molecular complexity index is 537. The van der Waals surface area contributed by atoms with Crippen LogP contribution in [0.3, 0.4) is 0 Å². The van der Waals surface area contributed by atoms with E-state index in [1.807, 2.05) is 0 Å². The molecule has 0 fully saturated rings. The maximum atomic E-state index is 13.4. The van der Waals surface area contributed by atoms with Crippen molar-refractivity contribution in [3.63, 3.8) is 0 Å². The zero-order valence-electron chi connectivity index (χ0n) is 10.9. The topological polar surface area (TPSA) is 76.9 Å². The Balaban J connectivity index is 2.72. The molecule has 0 aliphatic carbocycles. The first-order valence-corrected chi connectivity index (χ1v) is 6.45. The van der Waals surface area contributed by atoms with E-state index in [2.05, 4.69) is 24.4 Å². The minimum absolute atomic E-state index is 0.303. The highest BCUT2D eigenvalue weighted by molar-refractivity contribution is 6.67. The molecular formula is C10H10Cl3FN4O3. The van der Waals surface area contributed by atoms with Crippen LogP contribution in [0.5, 0.6) is 6.01 Å². The Labute approximate surface area is 134 Å². The van der Waals surface area contributed by atoms with Crippen LogP contribution in [0.1, 0.15) is 0 Å². The summed E-state index contributed by atoms with van der Waals surface area (Å²) in [6.07, 6.45) is 0.916. The number of aromatic nitrogens is 2. The van der Waals surface area contributed by atoms with Crippen LogP contribution in [0.2, 0.25) is 0 Å². The number of rotatable bonds is 4. The van der Waals surface area contributed by atoms with Crippen molar-refractivity contribution in [1.82, 2.24) is 14.9 Å². The van der Waals surface area contributed by atoms with E-state index in [1.54, 1.807) is 19.0 Å². The predicted molar refractivity (Wildman–Crippen MR) is 76.1 cm³/mol. The number of aliphatic imine (C=N–C) groups is 1. The molecule has 1 aromatic heterocycles. The second-order valence-corrected chi connectivity index (χ2v) is 6.30. The van der Waals surface area contributed by atoms with E-state index in [4.69, 9.17) is 34.8 Å². The van der Waals surface area contributed by atoms with Gasteiger partial charge in [-0.1, -0.05) is 34.8 Å².